The van der Waals surface area contributed by atoms with Crippen LogP contribution in [0.5, 0.6) is 0 Å². The van der Waals surface area contributed by atoms with E-state index in [4.69, 9.17) is 0 Å². The zero-order chi connectivity index (χ0) is 14.0. The van der Waals surface area contributed by atoms with Gasteiger partial charge in [0.2, 0.25) is 0 Å². The minimum atomic E-state index is 1.09. The molecule has 0 aromatic heterocycles. The van der Waals surface area contributed by atoms with Gasteiger partial charge >= 0.3 is 0 Å². The van der Waals surface area contributed by atoms with Gasteiger partial charge in [-0.15, -0.1) is 0 Å². The molecule has 0 N–H and O–H groups in total. The summed E-state index contributed by atoms with van der Waals surface area (Å²) in [7, 11) is 0. The minimum absolute atomic E-state index is 1.09. The fourth-order valence-electron chi connectivity index (χ4n) is 2.31. The van der Waals surface area contributed by atoms with E-state index in [1.54, 1.807) is 12.0 Å². The van der Waals surface area contributed by atoms with Crippen molar-refractivity contribution in [3.63, 3.8) is 0 Å². The summed E-state index contributed by atoms with van der Waals surface area (Å²) in [6.45, 7) is 2.27. The molecule has 0 aliphatic carbocycles. The Labute approximate surface area is 120 Å². The highest BCUT2D eigenvalue weighted by Gasteiger charge is 1.92. The Hall–Kier alpha value is -0.810. The Balaban J connectivity index is 3.00. The van der Waals surface area contributed by atoms with Crippen molar-refractivity contribution in [1.29, 1.82) is 0 Å². The highest BCUT2D eigenvalue weighted by molar-refractivity contribution is 5.48. The van der Waals surface area contributed by atoms with Crippen LogP contribution in [0.25, 0.3) is 0 Å². The summed E-state index contributed by atoms with van der Waals surface area (Å²) in [4.78, 5) is 9.91. The van der Waals surface area contributed by atoms with Crippen LogP contribution >= 0.6 is 0 Å². The summed E-state index contributed by atoms with van der Waals surface area (Å²) in [5.41, 5.74) is 0. The molecule has 0 aromatic carbocycles. The predicted octanol–water partition coefficient (Wildman–Crippen LogP) is 6.02. The van der Waals surface area contributed by atoms with E-state index < -0.39 is 0 Å². The van der Waals surface area contributed by atoms with Gasteiger partial charge in [-0.2, -0.15) is 0 Å². The van der Waals surface area contributed by atoms with Crippen molar-refractivity contribution in [2.75, 3.05) is 0 Å². The fraction of sp³-hybridized carbons (Fsp3) is 0.778. The second-order valence-electron chi connectivity index (χ2n) is 5.39. The Morgan fingerprint density at radius 2 is 1.21 bits per heavy atom. The number of rotatable bonds is 14. The molecule has 0 atom stereocenters. The molecule has 1 heteroatoms. The minimum Gasteiger partial charge on any atom is -0.234 e. The molecule has 0 heterocycles. The van der Waals surface area contributed by atoms with Gasteiger partial charge in [0.25, 0.3) is 0 Å². The molecule has 0 fully saturated rings. The van der Waals surface area contributed by atoms with Gasteiger partial charge in [0.1, 0.15) is 5.94 Å². The molecule has 0 saturated carbocycles. The molecule has 0 saturated heterocycles. The van der Waals surface area contributed by atoms with E-state index in [9.17, 15) is 4.79 Å². The number of unbranched alkanes of at least 4 members (excludes halogenated alkanes) is 12. The van der Waals surface area contributed by atoms with E-state index in [0.717, 1.165) is 6.42 Å². The van der Waals surface area contributed by atoms with Gasteiger partial charge in [-0.05, 0) is 12.8 Å². The lowest BCUT2D eigenvalue weighted by molar-refractivity contribution is 0.545. The van der Waals surface area contributed by atoms with Gasteiger partial charge < -0.3 is 0 Å². The molecular weight excluding hydrogens is 232 g/mol. The van der Waals surface area contributed by atoms with Crippen molar-refractivity contribution in [2.45, 2.75) is 90.4 Å². The number of allylic oxidation sites excluding steroid dienone is 3. The molecule has 0 radical (unpaired) electrons. The third-order valence-corrected chi connectivity index (χ3v) is 3.52. The van der Waals surface area contributed by atoms with Crippen LogP contribution in [0.4, 0.5) is 0 Å². The Kier molecular flexibility index (Phi) is 16.5. The van der Waals surface area contributed by atoms with Crippen LogP contribution in [-0.4, -0.2) is 5.94 Å². The predicted molar refractivity (Wildman–Crippen MR) is 85.1 cm³/mol. The van der Waals surface area contributed by atoms with Crippen LogP contribution in [0.2, 0.25) is 0 Å². The van der Waals surface area contributed by atoms with E-state index in [2.05, 4.69) is 13.0 Å². The molecule has 0 amide bonds. The summed E-state index contributed by atoms with van der Waals surface area (Å²) in [5.74, 6) is 1.75. The van der Waals surface area contributed by atoms with Crippen molar-refractivity contribution >= 4 is 5.94 Å². The second kappa shape index (κ2) is 17.2. The summed E-state index contributed by atoms with van der Waals surface area (Å²) >= 11 is 0. The van der Waals surface area contributed by atoms with Crippen molar-refractivity contribution in [1.82, 2.24) is 0 Å². The zero-order valence-corrected chi connectivity index (χ0v) is 12.8. The molecule has 0 rings (SSSR count). The van der Waals surface area contributed by atoms with E-state index in [0.29, 0.717) is 0 Å². The maximum atomic E-state index is 9.91. The third-order valence-electron chi connectivity index (χ3n) is 3.52. The smallest absolute Gasteiger partial charge is 0.124 e. The summed E-state index contributed by atoms with van der Waals surface area (Å²) < 4.78 is 0. The van der Waals surface area contributed by atoms with E-state index in [1.165, 1.54) is 83.1 Å². The van der Waals surface area contributed by atoms with Crippen LogP contribution in [-0.2, 0) is 4.79 Å². The quantitative estimate of drug-likeness (QED) is 0.213. The van der Waals surface area contributed by atoms with Gasteiger partial charge in [0.15, 0.2) is 0 Å². The highest BCUT2D eigenvalue weighted by atomic mass is 16.1. The Bertz CT molecular complexity index is 236. The summed E-state index contributed by atoms with van der Waals surface area (Å²) in [6, 6.07) is 0. The van der Waals surface area contributed by atoms with E-state index >= 15 is 0 Å². The molecule has 0 aliphatic heterocycles. The van der Waals surface area contributed by atoms with Gasteiger partial charge in [-0.25, -0.2) is 4.79 Å². The standard InChI is InChI=1S/C18H32O/c1-2-3-4-5-6-7-8-9-10-11-12-13-14-15-16-17-18-19/h15-17H,2-14H2,1H3. The summed E-state index contributed by atoms with van der Waals surface area (Å²) in [5, 5.41) is 0. The average Bonchev–Trinajstić information content (AvgIpc) is 2.43. The van der Waals surface area contributed by atoms with Gasteiger partial charge in [-0.1, -0.05) is 89.7 Å². The Morgan fingerprint density at radius 1 is 0.737 bits per heavy atom. The SMILES string of the molecule is CCCCCCCCCCCCCCC=CC=C=O. The third kappa shape index (κ3) is 17.2. The molecule has 110 valence electrons. The van der Waals surface area contributed by atoms with Crippen molar-refractivity contribution < 1.29 is 4.79 Å². The van der Waals surface area contributed by atoms with Gasteiger partial charge in [-0.3, -0.25) is 0 Å². The highest BCUT2D eigenvalue weighted by Crippen LogP contribution is 2.12. The first-order valence-corrected chi connectivity index (χ1v) is 8.27. The molecule has 0 unspecified atom stereocenters. The van der Waals surface area contributed by atoms with Crippen LogP contribution < -0.4 is 0 Å². The number of hydrogen-bond donors (Lipinski definition) is 0. The van der Waals surface area contributed by atoms with E-state index in [-0.39, 0.29) is 0 Å². The molecule has 0 bridgehead atoms. The molecule has 0 spiro atoms. The normalized spacial score (nSPS) is 10.8. The monoisotopic (exact) mass is 264 g/mol. The molecule has 1 nitrogen and oxygen atoms in total. The van der Waals surface area contributed by atoms with Crippen molar-refractivity contribution in [3.05, 3.63) is 18.2 Å². The lowest BCUT2D eigenvalue weighted by Crippen LogP contribution is -1.82. The number of carbonyl (C=O) groups excluding carboxylic acids is 1. The lowest BCUT2D eigenvalue weighted by atomic mass is 10.0. The van der Waals surface area contributed by atoms with Gasteiger partial charge in [0, 0.05) is 6.08 Å². The van der Waals surface area contributed by atoms with Crippen molar-refractivity contribution in [2.24, 2.45) is 0 Å². The largest absolute Gasteiger partial charge is 0.234 e. The van der Waals surface area contributed by atoms with E-state index in [1.807, 2.05) is 0 Å². The zero-order valence-electron chi connectivity index (χ0n) is 12.8. The second-order valence-corrected chi connectivity index (χ2v) is 5.39. The molecule has 19 heavy (non-hydrogen) atoms. The van der Waals surface area contributed by atoms with Gasteiger partial charge in [0.05, 0.1) is 0 Å². The topological polar surface area (TPSA) is 17.1 Å². The first-order chi connectivity index (χ1) is 9.41. The number of hydrogen-bond acceptors (Lipinski definition) is 1. The fourth-order valence-corrected chi connectivity index (χ4v) is 2.31. The molecule has 0 aromatic rings. The molecular formula is C18H32O. The van der Waals surface area contributed by atoms with Crippen LogP contribution in [0, 0.1) is 0 Å². The average molecular weight is 264 g/mol. The van der Waals surface area contributed by atoms with Crippen LogP contribution in [0.3, 0.4) is 0 Å². The first kappa shape index (κ1) is 18.2. The summed E-state index contributed by atoms with van der Waals surface area (Å²) in [6.07, 6.45) is 23.1. The Morgan fingerprint density at radius 3 is 1.68 bits per heavy atom. The van der Waals surface area contributed by atoms with Crippen LogP contribution in [0.15, 0.2) is 18.2 Å². The van der Waals surface area contributed by atoms with Crippen LogP contribution in [0.1, 0.15) is 90.4 Å². The van der Waals surface area contributed by atoms with Crippen molar-refractivity contribution in [3.8, 4) is 0 Å². The maximum Gasteiger partial charge on any atom is 0.124 e. The molecule has 0 aliphatic rings. The first-order valence-electron chi connectivity index (χ1n) is 8.27. The lowest BCUT2D eigenvalue weighted by Gasteiger charge is -2.02. The maximum absolute atomic E-state index is 9.91.